The van der Waals surface area contributed by atoms with Gasteiger partial charge in [-0.2, -0.15) is 0 Å². The molecule has 4 fully saturated rings. The standard InChI is InChI=1S/C27H34N2O4S/c1-3-33-25-7-5-4-6-24(25)29(34(31,32)23-10-8-19(2)9-11-23)18-26(30)28-27-15-20-12-21(16-27)14-22(13-20)17-27/h4-11,20-22H,3,12-18H2,1-2H3,(H,28,30). The first-order valence-electron chi connectivity index (χ1n) is 12.4. The lowest BCUT2D eigenvalue weighted by Gasteiger charge is -2.57. The van der Waals surface area contributed by atoms with E-state index in [1.807, 2.05) is 13.8 Å². The third kappa shape index (κ3) is 4.42. The maximum atomic E-state index is 13.8. The molecule has 0 unspecified atom stereocenters. The van der Waals surface area contributed by atoms with Gasteiger partial charge in [-0.05, 0) is 94.4 Å². The van der Waals surface area contributed by atoms with Crippen molar-refractivity contribution in [1.29, 1.82) is 0 Å². The minimum Gasteiger partial charge on any atom is -0.492 e. The number of ether oxygens (including phenoxy) is 1. The highest BCUT2D eigenvalue weighted by molar-refractivity contribution is 7.92. The van der Waals surface area contributed by atoms with Crippen LogP contribution >= 0.6 is 0 Å². The van der Waals surface area contributed by atoms with Gasteiger partial charge in [0.2, 0.25) is 5.91 Å². The molecule has 6 rings (SSSR count). The number of nitrogens with zero attached hydrogens (tertiary/aromatic N) is 1. The molecular formula is C27H34N2O4S. The maximum absolute atomic E-state index is 13.8. The molecule has 6 nitrogen and oxygen atoms in total. The summed E-state index contributed by atoms with van der Waals surface area (Å²) in [4.78, 5) is 13.6. The lowest BCUT2D eigenvalue weighted by Crippen LogP contribution is -2.61. The van der Waals surface area contributed by atoms with Gasteiger partial charge in [0.05, 0.1) is 17.2 Å². The quantitative estimate of drug-likeness (QED) is 0.593. The zero-order valence-electron chi connectivity index (χ0n) is 20.0. The molecule has 2 aromatic carbocycles. The monoisotopic (exact) mass is 482 g/mol. The van der Waals surface area contributed by atoms with E-state index in [-0.39, 0.29) is 22.9 Å². The van der Waals surface area contributed by atoms with Crippen molar-refractivity contribution >= 4 is 21.6 Å². The van der Waals surface area contributed by atoms with Gasteiger partial charge in [-0.15, -0.1) is 0 Å². The highest BCUT2D eigenvalue weighted by Gasteiger charge is 2.51. The van der Waals surface area contributed by atoms with Crippen LogP contribution in [0.5, 0.6) is 5.75 Å². The molecule has 0 heterocycles. The number of anilines is 1. The van der Waals surface area contributed by atoms with E-state index in [9.17, 15) is 13.2 Å². The van der Waals surface area contributed by atoms with Crippen molar-refractivity contribution in [3.05, 3.63) is 54.1 Å². The highest BCUT2D eigenvalue weighted by Crippen LogP contribution is 2.55. The molecule has 4 saturated carbocycles. The van der Waals surface area contributed by atoms with E-state index in [1.165, 1.54) is 23.6 Å². The number of sulfonamides is 1. The van der Waals surface area contributed by atoms with Gasteiger partial charge in [0.1, 0.15) is 12.3 Å². The normalized spacial score (nSPS) is 27.4. The molecule has 34 heavy (non-hydrogen) atoms. The number of aryl methyl sites for hydroxylation is 1. The molecule has 4 bridgehead atoms. The summed E-state index contributed by atoms with van der Waals surface area (Å²) in [6.45, 7) is 3.89. The largest absolute Gasteiger partial charge is 0.492 e. The number of hydrogen-bond acceptors (Lipinski definition) is 4. The van der Waals surface area contributed by atoms with Gasteiger partial charge in [-0.3, -0.25) is 9.10 Å². The second-order valence-electron chi connectivity index (χ2n) is 10.5. The number of amides is 1. The number of rotatable bonds is 8. The summed E-state index contributed by atoms with van der Waals surface area (Å²) in [5.41, 5.74) is 1.18. The summed E-state index contributed by atoms with van der Waals surface area (Å²) in [6.07, 6.45) is 6.90. The maximum Gasteiger partial charge on any atom is 0.264 e. The van der Waals surface area contributed by atoms with Crippen LogP contribution in [0.15, 0.2) is 53.4 Å². The summed E-state index contributed by atoms with van der Waals surface area (Å²) < 4.78 is 34.5. The second-order valence-corrected chi connectivity index (χ2v) is 12.3. The van der Waals surface area contributed by atoms with Gasteiger partial charge in [0, 0.05) is 5.54 Å². The van der Waals surface area contributed by atoms with Gasteiger partial charge in [0.15, 0.2) is 0 Å². The van der Waals surface area contributed by atoms with E-state index >= 15 is 0 Å². The lowest BCUT2D eigenvalue weighted by atomic mass is 9.53. The Morgan fingerprint density at radius 1 is 1.00 bits per heavy atom. The third-order valence-electron chi connectivity index (χ3n) is 7.77. The summed E-state index contributed by atoms with van der Waals surface area (Å²) in [7, 11) is -3.98. The number of hydrogen-bond donors (Lipinski definition) is 1. The number of benzene rings is 2. The van der Waals surface area contributed by atoms with Crippen LogP contribution in [-0.2, 0) is 14.8 Å². The van der Waals surface area contributed by atoms with Crippen LogP contribution in [-0.4, -0.2) is 33.0 Å². The molecule has 1 amide bonds. The number of carbonyl (C=O) groups is 1. The van der Waals surface area contributed by atoms with Gasteiger partial charge in [-0.1, -0.05) is 29.8 Å². The fraction of sp³-hybridized carbons (Fsp3) is 0.519. The molecule has 4 aliphatic carbocycles. The highest BCUT2D eigenvalue weighted by atomic mass is 32.2. The first-order valence-corrected chi connectivity index (χ1v) is 13.8. The lowest BCUT2D eigenvalue weighted by molar-refractivity contribution is -0.125. The van der Waals surface area contributed by atoms with E-state index in [2.05, 4.69) is 5.32 Å². The van der Waals surface area contributed by atoms with E-state index in [4.69, 9.17) is 4.74 Å². The van der Waals surface area contributed by atoms with Gasteiger partial charge < -0.3 is 10.1 Å². The summed E-state index contributed by atoms with van der Waals surface area (Å²) in [5.74, 6) is 2.28. The van der Waals surface area contributed by atoms with Crippen molar-refractivity contribution in [2.45, 2.75) is 62.8 Å². The molecule has 0 atom stereocenters. The Morgan fingerprint density at radius 2 is 1.59 bits per heavy atom. The van der Waals surface area contributed by atoms with Crippen molar-refractivity contribution in [2.75, 3.05) is 17.5 Å². The van der Waals surface area contributed by atoms with Gasteiger partial charge in [0.25, 0.3) is 10.0 Å². The summed E-state index contributed by atoms with van der Waals surface area (Å²) >= 11 is 0. The fourth-order valence-electron chi connectivity index (χ4n) is 6.81. The molecular weight excluding hydrogens is 448 g/mol. The predicted octanol–water partition coefficient (Wildman–Crippen LogP) is 4.67. The van der Waals surface area contributed by atoms with E-state index in [0.717, 1.165) is 24.8 Å². The van der Waals surface area contributed by atoms with Gasteiger partial charge >= 0.3 is 0 Å². The van der Waals surface area contributed by atoms with Crippen LogP contribution in [0.25, 0.3) is 0 Å². The second kappa shape index (κ2) is 8.91. The van der Waals surface area contributed by atoms with Crippen molar-refractivity contribution in [2.24, 2.45) is 17.8 Å². The molecule has 1 N–H and O–H groups in total. The van der Waals surface area contributed by atoms with Crippen LogP contribution in [0.4, 0.5) is 5.69 Å². The molecule has 0 aromatic heterocycles. The van der Waals surface area contributed by atoms with Crippen molar-refractivity contribution in [3.8, 4) is 5.75 Å². The van der Waals surface area contributed by atoms with Crippen molar-refractivity contribution in [3.63, 3.8) is 0 Å². The Kier molecular flexibility index (Phi) is 6.09. The van der Waals surface area contributed by atoms with Gasteiger partial charge in [-0.25, -0.2) is 8.42 Å². The smallest absolute Gasteiger partial charge is 0.264 e. The fourth-order valence-corrected chi connectivity index (χ4v) is 8.24. The Morgan fingerprint density at radius 3 is 2.18 bits per heavy atom. The molecule has 182 valence electrons. The topological polar surface area (TPSA) is 75.7 Å². The molecule has 0 spiro atoms. The van der Waals surface area contributed by atoms with Crippen LogP contribution in [0.2, 0.25) is 0 Å². The van der Waals surface area contributed by atoms with E-state index < -0.39 is 10.0 Å². The Labute approximate surface area is 202 Å². The van der Waals surface area contributed by atoms with E-state index in [0.29, 0.717) is 35.8 Å². The zero-order valence-corrected chi connectivity index (χ0v) is 20.8. The minimum absolute atomic E-state index is 0.159. The summed E-state index contributed by atoms with van der Waals surface area (Å²) in [5, 5.41) is 3.32. The predicted molar refractivity (Wildman–Crippen MR) is 132 cm³/mol. The SMILES string of the molecule is CCOc1ccccc1N(CC(=O)NC12CC3CC(CC(C3)C1)C2)S(=O)(=O)c1ccc(C)cc1. The molecule has 7 heteroatoms. The average molecular weight is 483 g/mol. The first-order chi connectivity index (χ1) is 16.3. The number of nitrogens with one attached hydrogen (secondary N) is 1. The number of para-hydroxylation sites is 2. The Bertz CT molecular complexity index is 1120. The van der Waals surface area contributed by atoms with Crippen LogP contribution in [0.1, 0.15) is 51.0 Å². The Hall–Kier alpha value is -2.54. The molecule has 4 aliphatic rings. The third-order valence-corrected chi connectivity index (χ3v) is 9.55. The van der Waals surface area contributed by atoms with Crippen molar-refractivity contribution in [1.82, 2.24) is 5.32 Å². The van der Waals surface area contributed by atoms with E-state index in [1.54, 1.807) is 48.5 Å². The number of carbonyl (C=O) groups excluding carboxylic acids is 1. The molecule has 0 saturated heterocycles. The van der Waals surface area contributed by atoms with Crippen molar-refractivity contribution < 1.29 is 17.9 Å². The molecule has 0 aliphatic heterocycles. The Balaban J connectivity index is 1.45. The first kappa shape index (κ1) is 23.2. The average Bonchev–Trinajstić information content (AvgIpc) is 2.77. The van der Waals surface area contributed by atoms with Crippen LogP contribution in [0, 0.1) is 24.7 Å². The van der Waals surface area contributed by atoms with Crippen LogP contribution in [0.3, 0.4) is 0 Å². The molecule has 0 radical (unpaired) electrons. The van der Waals surface area contributed by atoms with Crippen LogP contribution < -0.4 is 14.4 Å². The summed E-state index contributed by atoms with van der Waals surface area (Å²) in [6, 6.07) is 13.8. The minimum atomic E-state index is -3.98. The molecule has 2 aromatic rings. The zero-order chi connectivity index (χ0) is 23.9.